The summed E-state index contributed by atoms with van der Waals surface area (Å²) in [5.41, 5.74) is 5.61. The van der Waals surface area contributed by atoms with Crippen LogP contribution in [0.4, 0.5) is 0 Å². The lowest BCUT2D eigenvalue weighted by atomic mass is 9.90. The van der Waals surface area contributed by atoms with Gasteiger partial charge in [0.05, 0.1) is 12.6 Å². The minimum Gasteiger partial charge on any atom is -0.495 e. The number of fused-ring (bicyclic) bond motifs is 3. The molecule has 1 aliphatic rings. The van der Waals surface area contributed by atoms with E-state index in [2.05, 4.69) is 43.0 Å². The van der Waals surface area contributed by atoms with Gasteiger partial charge in [-0.05, 0) is 44.0 Å². The van der Waals surface area contributed by atoms with Crippen LogP contribution in [-0.4, -0.2) is 24.8 Å². The Kier molecular flexibility index (Phi) is 3.02. The smallest absolute Gasteiger partial charge is 0.143 e. The lowest BCUT2D eigenvalue weighted by molar-refractivity contribution is 0.417. The first-order valence-electron chi connectivity index (χ1n) is 6.98. The molecule has 3 nitrogen and oxygen atoms in total. The normalized spacial score (nSPS) is 18.6. The van der Waals surface area contributed by atoms with Crippen molar-refractivity contribution in [3.63, 3.8) is 0 Å². The van der Waals surface area contributed by atoms with Gasteiger partial charge in [-0.15, -0.1) is 0 Å². The highest BCUT2D eigenvalue weighted by atomic mass is 16.5. The quantitative estimate of drug-likeness (QED) is 0.896. The minimum absolute atomic E-state index is 0.599. The van der Waals surface area contributed by atoms with E-state index in [1.54, 1.807) is 7.11 Å². The molecule has 102 valence electrons. The molecule has 1 unspecified atom stereocenters. The number of aryl methyl sites for hydroxylation is 3. The summed E-state index contributed by atoms with van der Waals surface area (Å²) >= 11 is 0. The van der Waals surface area contributed by atoms with Crippen molar-refractivity contribution in [3.05, 3.63) is 29.0 Å². The van der Waals surface area contributed by atoms with Crippen LogP contribution in [0.1, 0.15) is 23.2 Å². The third kappa shape index (κ3) is 1.76. The average Bonchev–Trinajstić information content (AvgIpc) is 2.74. The lowest BCUT2D eigenvalue weighted by Gasteiger charge is -2.23. The van der Waals surface area contributed by atoms with Crippen LogP contribution in [0, 0.1) is 6.92 Å². The topological polar surface area (TPSA) is 26.2 Å². The van der Waals surface area contributed by atoms with Crippen molar-refractivity contribution in [1.29, 1.82) is 0 Å². The Labute approximate surface area is 114 Å². The molecule has 2 aromatic rings. The standard InChI is InChI=1S/C16H22N2O/c1-10-5-8-14(19-4)16-15(10)12-7-6-11(17-2)9-13(12)18(16)3/h5,8,11,17H,6-7,9H2,1-4H3. The number of nitrogens with zero attached hydrogens (tertiary/aromatic N) is 1. The predicted molar refractivity (Wildman–Crippen MR) is 79.1 cm³/mol. The van der Waals surface area contributed by atoms with Crippen LogP contribution in [0.25, 0.3) is 10.9 Å². The Morgan fingerprint density at radius 2 is 2.16 bits per heavy atom. The molecule has 1 aliphatic carbocycles. The van der Waals surface area contributed by atoms with Crippen molar-refractivity contribution >= 4 is 10.9 Å². The molecule has 0 bridgehead atoms. The minimum atomic E-state index is 0.599. The van der Waals surface area contributed by atoms with Crippen LogP contribution in [0.15, 0.2) is 12.1 Å². The summed E-state index contributed by atoms with van der Waals surface area (Å²) in [6, 6.07) is 4.85. The van der Waals surface area contributed by atoms with Gasteiger partial charge in [-0.2, -0.15) is 0 Å². The molecule has 19 heavy (non-hydrogen) atoms. The van der Waals surface area contributed by atoms with Gasteiger partial charge in [0.2, 0.25) is 0 Å². The molecule has 0 spiro atoms. The van der Waals surface area contributed by atoms with E-state index >= 15 is 0 Å². The Balaban J connectivity index is 2.30. The summed E-state index contributed by atoms with van der Waals surface area (Å²) in [6.45, 7) is 2.20. The predicted octanol–water partition coefficient (Wildman–Crippen LogP) is 2.57. The van der Waals surface area contributed by atoms with Gasteiger partial charge in [0.1, 0.15) is 5.75 Å². The Morgan fingerprint density at radius 1 is 1.37 bits per heavy atom. The largest absolute Gasteiger partial charge is 0.495 e. The number of ether oxygens (including phenoxy) is 1. The van der Waals surface area contributed by atoms with E-state index in [1.807, 2.05) is 0 Å². The Bertz CT molecular complexity index is 627. The first-order valence-corrected chi connectivity index (χ1v) is 6.98. The zero-order valence-electron chi connectivity index (χ0n) is 12.2. The molecule has 3 heteroatoms. The molecule has 3 rings (SSSR count). The second-order valence-electron chi connectivity index (χ2n) is 5.52. The average molecular weight is 258 g/mol. The Hall–Kier alpha value is -1.48. The number of hydrogen-bond donors (Lipinski definition) is 1. The number of benzene rings is 1. The molecular weight excluding hydrogens is 236 g/mol. The van der Waals surface area contributed by atoms with Crippen LogP contribution >= 0.6 is 0 Å². The first kappa shape index (κ1) is 12.5. The van der Waals surface area contributed by atoms with Crippen molar-refractivity contribution in [1.82, 2.24) is 9.88 Å². The summed E-state index contributed by atoms with van der Waals surface area (Å²) in [7, 11) is 5.98. The fraction of sp³-hybridized carbons (Fsp3) is 0.500. The van der Waals surface area contributed by atoms with Crippen molar-refractivity contribution in [2.45, 2.75) is 32.2 Å². The van der Waals surface area contributed by atoms with Crippen LogP contribution < -0.4 is 10.1 Å². The number of nitrogens with one attached hydrogen (secondary N) is 1. The number of rotatable bonds is 2. The van der Waals surface area contributed by atoms with Gasteiger partial charge >= 0.3 is 0 Å². The summed E-state index contributed by atoms with van der Waals surface area (Å²) in [5, 5.41) is 4.82. The maximum atomic E-state index is 5.56. The monoisotopic (exact) mass is 258 g/mol. The SMILES string of the molecule is CNC1CCc2c(n(C)c3c(OC)ccc(C)c23)C1. The number of methoxy groups -OCH3 is 1. The van der Waals surface area contributed by atoms with Gasteiger partial charge in [-0.1, -0.05) is 6.07 Å². The highest BCUT2D eigenvalue weighted by Gasteiger charge is 2.25. The second kappa shape index (κ2) is 4.57. The highest BCUT2D eigenvalue weighted by Crippen LogP contribution is 2.37. The second-order valence-corrected chi connectivity index (χ2v) is 5.52. The van der Waals surface area contributed by atoms with Crippen molar-refractivity contribution in [2.75, 3.05) is 14.2 Å². The highest BCUT2D eigenvalue weighted by molar-refractivity contribution is 5.93. The molecular formula is C16H22N2O. The van der Waals surface area contributed by atoms with Gasteiger partial charge in [-0.25, -0.2) is 0 Å². The van der Waals surface area contributed by atoms with E-state index < -0.39 is 0 Å². The maximum absolute atomic E-state index is 5.56. The van der Waals surface area contributed by atoms with Gasteiger partial charge in [0.25, 0.3) is 0 Å². The molecule has 0 amide bonds. The van der Waals surface area contributed by atoms with Crippen LogP contribution in [0.3, 0.4) is 0 Å². The summed E-state index contributed by atoms with van der Waals surface area (Å²) < 4.78 is 7.89. The number of aromatic nitrogens is 1. The lowest BCUT2D eigenvalue weighted by Crippen LogP contribution is -2.32. The van der Waals surface area contributed by atoms with E-state index in [0.29, 0.717) is 6.04 Å². The molecule has 1 N–H and O–H groups in total. The molecule has 0 radical (unpaired) electrons. The maximum Gasteiger partial charge on any atom is 0.143 e. The third-order valence-electron chi connectivity index (χ3n) is 4.55. The number of hydrogen-bond acceptors (Lipinski definition) is 2. The van der Waals surface area contributed by atoms with Crippen molar-refractivity contribution in [3.8, 4) is 5.75 Å². The zero-order chi connectivity index (χ0) is 13.6. The molecule has 0 saturated carbocycles. The van der Waals surface area contributed by atoms with E-state index in [4.69, 9.17) is 4.74 Å². The van der Waals surface area contributed by atoms with E-state index in [0.717, 1.165) is 18.6 Å². The summed E-state index contributed by atoms with van der Waals surface area (Å²) in [4.78, 5) is 0. The van der Waals surface area contributed by atoms with Gasteiger partial charge in [0, 0.05) is 30.6 Å². The van der Waals surface area contributed by atoms with Gasteiger partial charge < -0.3 is 14.6 Å². The van der Waals surface area contributed by atoms with Crippen molar-refractivity contribution in [2.24, 2.45) is 7.05 Å². The van der Waals surface area contributed by atoms with Crippen molar-refractivity contribution < 1.29 is 4.74 Å². The zero-order valence-corrected chi connectivity index (χ0v) is 12.2. The molecule has 1 heterocycles. The molecule has 0 saturated heterocycles. The number of likely N-dealkylation sites (N-methyl/N-ethyl adjacent to an activating group) is 1. The summed E-state index contributed by atoms with van der Waals surface area (Å²) in [5.74, 6) is 0.985. The van der Waals surface area contributed by atoms with E-state index in [9.17, 15) is 0 Å². The van der Waals surface area contributed by atoms with Gasteiger partial charge in [0.15, 0.2) is 0 Å². The van der Waals surface area contributed by atoms with E-state index in [-0.39, 0.29) is 0 Å². The Morgan fingerprint density at radius 3 is 2.84 bits per heavy atom. The molecule has 0 aliphatic heterocycles. The van der Waals surface area contributed by atoms with E-state index in [1.165, 1.54) is 34.1 Å². The molecule has 0 fully saturated rings. The van der Waals surface area contributed by atoms with Crippen LogP contribution in [0.2, 0.25) is 0 Å². The van der Waals surface area contributed by atoms with Crippen LogP contribution in [0.5, 0.6) is 5.75 Å². The third-order valence-corrected chi connectivity index (χ3v) is 4.55. The molecule has 1 aromatic carbocycles. The summed E-state index contributed by atoms with van der Waals surface area (Å²) in [6.07, 6.45) is 3.49. The van der Waals surface area contributed by atoms with Crippen LogP contribution in [-0.2, 0) is 19.9 Å². The molecule has 1 aromatic heterocycles. The fourth-order valence-electron chi connectivity index (χ4n) is 3.46. The first-order chi connectivity index (χ1) is 9.17. The van der Waals surface area contributed by atoms with Gasteiger partial charge in [-0.3, -0.25) is 0 Å². The molecule has 1 atom stereocenters. The fourth-order valence-corrected chi connectivity index (χ4v) is 3.46.